The minimum atomic E-state index is 0.219. The maximum atomic E-state index is 5.46. The standard InChI is InChI=1S/C17H15BrOS/c1-11-7-10-16(20-11)17(18)14-8-9-15(19-2)13-6-4-3-5-12(13)14/h3-10,17H,1-2H3. The van der Waals surface area contributed by atoms with Crippen molar-refractivity contribution in [1.82, 2.24) is 0 Å². The van der Waals surface area contributed by atoms with Crippen molar-refractivity contribution in [2.75, 3.05) is 7.11 Å². The van der Waals surface area contributed by atoms with E-state index in [0.717, 1.165) is 11.1 Å². The summed E-state index contributed by atoms with van der Waals surface area (Å²) in [6.45, 7) is 2.14. The zero-order valence-electron chi connectivity index (χ0n) is 11.4. The van der Waals surface area contributed by atoms with Gasteiger partial charge in [-0.2, -0.15) is 0 Å². The highest BCUT2D eigenvalue weighted by atomic mass is 79.9. The van der Waals surface area contributed by atoms with Gasteiger partial charge < -0.3 is 4.74 Å². The van der Waals surface area contributed by atoms with Gasteiger partial charge in [-0.1, -0.05) is 46.3 Å². The summed E-state index contributed by atoms with van der Waals surface area (Å²) < 4.78 is 5.46. The fourth-order valence-electron chi connectivity index (χ4n) is 2.44. The van der Waals surface area contributed by atoms with Gasteiger partial charge in [0.05, 0.1) is 11.9 Å². The molecule has 2 aromatic carbocycles. The van der Waals surface area contributed by atoms with Gasteiger partial charge in [-0.3, -0.25) is 0 Å². The summed E-state index contributed by atoms with van der Waals surface area (Å²) in [5.74, 6) is 0.923. The summed E-state index contributed by atoms with van der Waals surface area (Å²) in [5, 5.41) is 2.39. The van der Waals surface area contributed by atoms with Crippen molar-refractivity contribution in [2.24, 2.45) is 0 Å². The average molecular weight is 347 g/mol. The number of hydrogen-bond donors (Lipinski definition) is 0. The molecule has 1 heterocycles. The molecule has 3 aromatic rings. The van der Waals surface area contributed by atoms with Crippen molar-refractivity contribution >= 4 is 38.0 Å². The molecule has 0 aliphatic carbocycles. The van der Waals surface area contributed by atoms with Crippen LogP contribution in [-0.2, 0) is 0 Å². The third-order valence-corrected chi connectivity index (χ3v) is 5.78. The number of halogens is 1. The molecule has 1 atom stereocenters. The first-order valence-electron chi connectivity index (χ1n) is 6.46. The maximum absolute atomic E-state index is 5.46. The Morgan fingerprint density at radius 3 is 2.40 bits per heavy atom. The molecule has 1 aromatic heterocycles. The highest BCUT2D eigenvalue weighted by Crippen LogP contribution is 2.40. The zero-order chi connectivity index (χ0) is 14.1. The van der Waals surface area contributed by atoms with Crippen molar-refractivity contribution in [1.29, 1.82) is 0 Å². The van der Waals surface area contributed by atoms with Gasteiger partial charge in [-0.15, -0.1) is 11.3 Å². The minimum Gasteiger partial charge on any atom is -0.496 e. The molecule has 3 heteroatoms. The number of thiophene rings is 1. The Hall–Kier alpha value is -1.32. The Morgan fingerprint density at radius 1 is 1.00 bits per heavy atom. The number of methoxy groups -OCH3 is 1. The van der Waals surface area contributed by atoms with Crippen molar-refractivity contribution in [3.05, 3.63) is 63.8 Å². The average Bonchev–Trinajstić information content (AvgIpc) is 2.92. The van der Waals surface area contributed by atoms with E-state index in [1.54, 1.807) is 7.11 Å². The summed E-state index contributed by atoms with van der Waals surface area (Å²) in [7, 11) is 1.72. The minimum absolute atomic E-state index is 0.219. The van der Waals surface area contributed by atoms with E-state index in [9.17, 15) is 0 Å². The molecule has 0 saturated heterocycles. The number of rotatable bonds is 3. The van der Waals surface area contributed by atoms with Gasteiger partial charge in [0, 0.05) is 15.1 Å². The van der Waals surface area contributed by atoms with Crippen LogP contribution in [0.2, 0.25) is 0 Å². The maximum Gasteiger partial charge on any atom is 0.126 e. The third-order valence-electron chi connectivity index (χ3n) is 3.42. The summed E-state index contributed by atoms with van der Waals surface area (Å²) >= 11 is 5.68. The molecule has 0 amide bonds. The second-order valence-corrected chi connectivity index (χ2v) is 6.95. The van der Waals surface area contributed by atoms with Gasteiger partial charge in [-0.25, -0.2) is 0 Å². The molecule has 0 aliphatic rings. The molecule has 0 bridgehead atoms. The Kier molecular flexibility index (Phi) is 3.81. The summed E-state index contributed by atoms with van der Waals surface area (Å²) in [4.78, 5) is 2.89. The lowest BCUT2D eigenvalue weighted by atomic mass is 10.0. The second-order valence-electron chi connectivity index (χ2n) is 4.71. The van der Waals surface area contributed by atoms with Crippen LogP contribution in [0.3, 0.4) is 0 Å². The smallest absolute Gasteiger partial charge is 0.126 e. The summed E-state index contributed by atoms with van der Waals surface area (Å²) in [6, 6.07) is 16.9. The quantitative estimate of drug-likeness (QED) is 0.552. The first-order valence-corrected chi connectivity index (χ1v) is 8.20. The lowest BCUT2D eigenvalue weighted by Crippen LogP contribution is -1.93. The van der Waals surface area contributed by atoms with Gasteiger partial charge in [0.1, 0.15) is 5.75 Å². The topological polar surface area (TPSA) is 9.23 Å². The Morgan fingerprint density at radius 2 is 1.75 bits per heavy atom. The van der Waals surface area contributed by atoms with E-state index in [-0.39, 0.29) is 4.83 Å². The molecule has 1 unspecified atom stereocenters. The number of aryl methyl sites for hydroxylation is 1. The normalized spacial score (nSPS) is 12.6. The molecular formula is C17H15BrOS. The summed E-state index contributed by atoms with van der Waals surface area (Å²) in [6.07, 6.45) is 0. The lowest BCUT2D eigenvalue weighted by molar-refractivity contribution is 0.419. The van der Waals surface area contributed by atoms with Crippen molar-refractivity contribution in [3.63, 3.8) is 0 Å². The first kappa shape index (κ1) is 13.7. The number of ether oxygens (including phenoxy) is 1. The molecule has 102 valence electrons. The number of fused-ring (bicyclic) bond motifs is 1. The van der Waals surface area contributed by atoms with E-state index >= 15 is 0 Å². The molecule has 0 fully saturated rings. The molecule has 20 heavy (non-hydrogen) atoms. The van der Waals surface area contributed by atoms with E-state index in [4.69, 9.17) is 4.74 Å². The van der Waals surface area contributed by atoms with E-state index < -0.39 is 0 Å². The molecule has 1 nitrogen and oxygen atoms in total. The fourth-order valence-corrected chi connectivity index (χ4v) is 4.14. The highest BCUT2D eigenvalue weighted by Gasteiger charge is 2.16. The predicted molar refractivity (Wildman–Crippen MR) is 90.3 cm³/mol. The van der Waals surface area contributed by atoms with Crippen LogP contribution in [0.25, 0.3) is 10.8 Å². The summed E-state index contributed by atoms with van der Waals surface area (Å²) in [5.41, 5.74) is 1.28. The van der Waals surface area contributed by atoms with Gasteiger partial charge >= 0.3 is 0 Å². The van der Waals surface area contributed by atoms with E-state index in [1.165, 1.54) is 20.7 Å². The highest BCUT2D eigenvalue weighted by molar-refractivity contribution is 9.09. The van der Waals surface area contributed by atoms with E-state index in [0.29, 0.717) is 0 Å². The van der Waals surface area contributed by atoms with Gasteiger partial charge in [-0.05, 0) is 36.1 Å². The van der Waals surface area contributed by atoms with E-state index in [1.807, 2.05) is 23.5 Å². The van der Waals surface area contributed by atoms with Crippen molar-refractivity contribution < 1.29 is 4.74 Å². The van der Waals surface area contributed by atoms with Crippen molar-refractivity contribution in [2.45, 2.75) is 11.8 Å². The molecule has 0 radical (unpaired) electrons. The van der Waals surface area contributed by atoms with Crippen LogP contribution < -0.4 is 4.74 Å². The molecule has 0 aliphatic heterocycles. The monoisotopic (exact) mass is 346 g/mol. The van der Waals surface area contributed by atoms with Crippen LogP contribution in [0, 0.1) is 6.92 Å². The lowest BCUT2D eigenvalue weighted by Gasteiger charge is -2.14. The fraction of sp³-hybridized carbons (Fsp3) is 0.176. The van der Waals surface area contributed by atoms with Gasteiger partial charge in [0.15, 0.2) is 0 Å². The molecule has 0 spiro atoms. The van der Waals surface area contributed by atoms with Gasteiger partial charge in [0.2, 0.25) is 0 Å². The first-order chi connectivity index (χ1) is 9.70. The van der Waals surface area contributed by atoms with Crippen LogP contribution in [0.1, 0.15) is 20.1 Å². The number of hydrogen-bond acceptors (Lipinski definition) is 2. The van der Waals surface area contributed by atoms with Gasteiger partial charge in [0.25, 0.3) is 0 Å². The van der Waals surface area contributed by atoms with Crippen LogP contribution in [0.5, 0.6) is 5.75 Å². The Bertz CT molecular complexity index is 748. The molecule has 0 N–H and O–H groups in total. The largest absolute Gasteiger partial charge is 0.496 e. The molecule has 0 saturated carbocycles. The number of benzene rings is 2. The molecule has 3 rings (SSSR count). The molecular weight excluding hydrogens is 332 g/mol. The Labute approximate surface area is 131 Å². The SMILES string of the molecule is COc1ccc(C(Br)c2ccc(C)s2)c2ccccc12. The van der Waals surface area contributed by atoms with Crippen molar-refractivity contribution in [3.8, 4) is 5.75 Å². The predicted octanol–water partition coefficient (Wildman–Crippen LogP) is 5.70. The zero-order valence-corrected chi connectivity index (χ0v) is 13.8. The van der Waals surface area contributed by atoms with Crippen LogP contribution in [-0.4, -0.2) is 7.11 Å². The van der Waals surface area contributed by atoms with Crippen LogP contribution >= 0.6 is 27.3 Å². The van der Waals surface area contributed by atoms with Crippen LogP contribution in [0.4, 0.5) is 0 Å². The van der Waals surface area contributed by atoms with Crippen LogP contribution in [0.15, 0.2) is 48.5 Å². The van der Waals surface area contributed by atoms with E-state index in [2.05, 4.69) is 59.3 Å². The third kappa shape index (κ3) is 2.36. The second kappa shape index (κ2) is 5.58. The Balaban J connectivity index is 2.17. The number of alkyl halides is 1.